The second kappa shape index (κ2) is 2.59. The Balaban J connectivity index is 2.03. The van der Waals surface area contributed by atoms with Crippen LogP contribution in [0, 0.1) is 11.6 Å². The molecule has 1 aromatic rings. The lowest BCUT2D eigenvalue weighted by atomic mass is 9.86. The van der Waals surface area contributed by atoms with E-state index in [4.69, 9.17) is 5.73 Å². The highest BCUT2D eigenvalue weighted by Crippen LogP contribution is 2.63. The second-order valence-corrected chi connectivity index (χ2v) is 4.87. The maximum absolute atomic E-state index is 13.1. The van der Waals surface area contributed by atoms with E-state index in [0.29, 0.717) is 0 Å². The van der Waals surface area contributed by atoms with Gasteiger partial charge in [0.25, 0.3) is 0 Å². The summed E-state index contributed by atoms with van der Waals surface area (Å²) in [5.41, 5.74) is 6.87. The third kappa shape index (κ3) is 1.16. The summed E-state index contributed by atoms with van der Waals surface area (Å²) in [6.07, 6.45) is 4.03. The van der Waals surface area contributed by atoms with E-state index in [1.807, 2.05) is 0 Å². The molecule has 0 atom stereocenters. The van der Waals surface area contributed by atoms with Gasteiger partial charge in [0.1, 0.15) is 0 Å². The van der Waals surface area contributed by atoms with Crippen molar-refractivity contribution in [2.45, 2.75) is 36.6 Å². The van der Waals surface area contributed by atoms with Gasteiger partial charge >= 0.3 is 0 Å². The van der Waals surface area contributed by atoms with Gasteiger partial charge in [-0.3, -0.25) is 0 Å². The van der Waals surface area contributed by atoms with Gasteiger partial charge in [-0.2, -0.15) is 0 Å². The smallest absolute Gasteiger partial charge is 0.159 e. The molecule has 3 rings (SSSR count). The lowest BCUT2D eigenvalue weighted by molar-refractivity contribution is 0.481. The van der Waals surface area contributed by atoms with Crippen molar-refractivity contribution in [3.8, 4) is 0 Å². The lowest BCUT2D eigenvalue weighted by Crippen LogP contribution is -2.37. The maximum Gasteiger partial charge on any atom is 0.159 e. The first kappa shape index (κ1) is 9.28. The second-order valence-electron chi connectivity index (χ2n) is 4.87. The summed E-state index contributed by atoms with van der Waals surface area (Å²) < 4.78 is 25.9. The molecule has 0 heterocycles. The van der Waals surface area contributed by atoms with Crippen LogP contribution >= 0.6 is 0 Å². The van der Waals surface area contributed by atoms with E-state index < -0.39 is 11.6 Å². The van der Waals surface area contributed by atoms with Crippen LogP contribution in [0.4, 0.5) is 8.78 Å². The van der Waals surface area contributed by atoms with Gasteiger partial charge in [0, 0.05) is 11.0 Å². The first-order valence-corrected chi connectivity index (χ1v) is 5.32. The van der Waals surface area contributed by atoms with Crippen LogP contribution in [0.1, 0.15) is 31.2 Å². The van der Waals surface area contributed by atoms with Crippen LogP contribution in [0.3, 0.4) is 0 Å². The zero-order chi connectivity index (χ0) is 10.7. The Hall–Kier alpha value is -0.960. The van der Waals surface area contributed by atoms with Crippen molar-refractivity contribution in [2.75, 3.05) is 0 Å². The monoisotopic (exact) mass is 209 g/mol. The highest BCUT2D eigenvalue weighted by atomic mass is 19.2. The topological polar surface area (TPSA) is 26.0 Å². The number of hydrogen-bond donors (Lipinski definition) is 1. The number of rotatable bonds is 2. The number of nitrogens with two attached hydrogens (primary N) is 1. The van der Waals surface area contributed by atoms with Crippen molar-refractivity contribution in [3.05, 3.63) is 35.4 Å². The van der Waals surface area contributed by atoms with Crippen molar-refractivity contribution in [1.82, 2.24) is 0 Å². The zero-order valence-electron chi connectivity index (χ0n) is 8.39. The summed E-state index contributed by atoms with van der Waals surface area (Å²) in [7, 11) is 0. The lowest BCUT2D eigenvalue weighted by Gasteiger charge is -2.23. The van der Waals surface area contributed by atoms with Crippen LogP contribution in [-0.2, 0) is 5.41 Å². The maximum atomic E-state index is 13.1. The minimum absolute atomic E-state index is 0.0540. The molecule has 0 saturated heterocycles. The van der Waals surface area contributed by atoms with Gasteiger partial charge in [0.2, 0.25) is 0 Å². The molecule has 2 aliphatic carbocycles. The molecule has 0 bridgehead atoms. The van der Waals surface area contributed by atoms with Gasteiger partial charge in [-0.25, -0.2) is 8.78 Å². The van der Waals surface area contributed by atoms with Crippen LogP contribution in [0.5, 0.6) is 0 Å². The summed E-state index contributed by atoms with van der Waals surface area (Å²) in [4.78, 5) is 0. The molecule has 15 heavy (non-hydrogen) atoms. The average Bonchev–Trinajstić information content (AvgIpc) is 3.05. The minimum Gasteiger partial charge on any atom is -0.324 e. The Kier molecular flexibility index (Phi) is 1.60. The molecule has 80 valence electrons. The van der Waals surface area contributed by atoms with E-state index in [9.17, 15) is 8.78 Å². The summed E-state index contributed by atoms with van der Waals surface area (Å²) >= 11 is 0. The fraction of sp³-hybridized carbons (Fsp3) is 0.500. The molecule has 2 aliphatic rings. The van der Waals surface area contributed by atoms with Crippen LogP contribution < -0.4 is 5.73 Å². The number of benzene rings is 1. The molecule has 1 nitrogen and oxygen atoms in total. The van der Waals surface area contributed by atoms with Gasteiger partial charge in [-0.1, -0.05) is 6.07 Å². The van der Waals surface area contributed by atoms with Crippen LogP contribution in [-0.4, -0.2) is 5.54 Å². The van der Waals surface area contributed by atoms with Crippen molar-refractivity contribution >= 4 is 0 Å². The molecule has 1 aromatic carbocycles. The predicted molar refractivity (Wildman–Crippen MR) is 53.4 cm³/mol. The number of halogens is 2. The largest absolute Gasteiger partial charge is 0.324 e. The minimum atomic E-state index is -0.781. The van der Waals surface area contributed by atoms with Crippen molar-refractivity contribution in [2.24, 2.45) is 5.73 Å². The van der Waals surface area contributed by atoms with E-state index >= 15 is 0 Å². The van der Waals surface area contributed by atoms with Crippen LogP contribution in [0.2, 0.25) is 0 Å². The molecule has 0 amide bonds. The van der Waals surface area contributed by atoms with Gasteiger partial charge in [0.05, 0.1) is 0 Å². The van der Waals surface area contributed by atoms with Crippen LogP contribution in [0.15, 0.2) is 18.2 Å². The fourth-order valence-corrected chi connectivity index (χ4v) is 2.61. The molecule has 0 aromatic heterocycles. The van der Waals surface area contributed by atoms with Gasteiger partial charge in [-0.15, -0.1) is 0 Å². The molecule has 0 radical (unpaired) electrons. The van der Waals surface area contributed by atoms with Crippen molar-refractivity contribution < 1.29 is 8.78 Å². The SMILES string of the molecule is NC1(C2(c3ccc(F)c(F)c3)CC2)CC1. The molecular formula is C12H13F2N. The summed E-state index contributed by atoms with van der Waals surface area (Å²) in [6, 6.07) is 4.20. The van der Waals surface area contributed by atoms with Gasteiger partial charge < -0.3 is 5.73 Å². The molecule has 0 unspecified atom stereocenters. The molecule has 2 fully saturated rings. The summed E-state index contributed by atoms with van der Waals surface area (Å²) in [5, 5.41) is 0. The molecule has 3 heteroatoms. The number of hydrogen-bond acceptors (Lipinski definition) is 1. The Morgan fingerprint density at radius 2 is 1.67 bits per heavy atom. The third-order valence-electron chi connectivity index (χ3n) is 3.96. The van der Waals surface area contributed by atoms with Crippen LogP contribution in [0.25, 0.3) is 0 Å². The quantitative estimate of drug-likeness (QED) is 0.795. The fourth-order valence-electron chi connectivity index (χ4n) is 2.61. The first-order valence-electron chi connectivity index (χ1n) is 5.32. The first-order chi connectivity index (χ1) is 7.07. The van der Waals surface area contributed by atoms with E-state index in [0.717, 1.165) is 31.2 Å². The molecular weight excluding hydrogens is 196 g/mol. The molecule has 0 spiro atoms. The highest BCUT2D eigenvalue weighted by Gasteiger charge is 2.64. The highest BCUT2D eigenvalue weighted by molar-refractivity contribution is 5.40. The Morgan fingerprint density at radius 3 is 2.13 bits per heavy atom. The summed E-state index contributed by atoms with van der Waals surface area (Å²) in [5.74, 6) is -1.54. The van der Waals surface area contributed by atoms with E-state index in [1.165, 1.54) is 12.1 Å². The van der Waals surface area contributed by atoms with E-state index in [-0.39, 0.29) is 11.0 Å². The normalized spacial score (nSPS) is 25.0. The molecule has 2 saturated carbocycles. The Labute approximate surface area is 87.3 Å². The Bertz CT molecular complexity index is 420. The zero-order valence-corrected chi connectivity index (χ0v) is 8.39. The van der Waals surface area contributed by atoms with Crippen molar-refractivity contribution in [3.63, 3.8) is 0 Å². The summed E-state index contributed by atoms with van der Waals surface area (Å²) in [6.45, 7) is 0. The van der Waals surface area contributed by atoms with E-state index in [1.54, 1.807) is 6.07 Å². The Morgan fingerprint density at radius 1 is 1.00 bits per heavy atom. The molecule has 0 aliphatic heterocycles. The van der Waals surface area contributed by atoms with E-state index in [2.05, 4.69) is 0 Å². The third-order valence-corrected chi connectivity index (χ3v) is 3.96. The van der Waals surface area contributed by atoms with Gasteiger partial charge in [0.15, 0.2) is 11.6 Å². The van der Waals surface area contributed by atoms with Crippen molar-refractivity contribution in [1.29, 1.82) is 0 Å². The predicted octanol–water partition coefficient (Wildman–Crippen LogP) is 2.49. The standard InChI is InChI=1S/C12H13F2N/c13-9-2-1-8(7-10(9)14)11(3-4-11)12(15)5-6-12/h1-2,7H,3-6,15H2. The molecule has 2 N–H and O–H groups in total. The average molecular weight is 209 g/mol. The van der Waals surface area contributed by atoms with Gasteiger partial charge in [-0.05, 0) is 43.4 Å².